The minimum absolute atomic E-state index is 0.0259. The van der Waals surface area contributed by atoms with E-state index in [4.69, 9.17) is 11.6 Å². The van der Waals surface area contributed by atoms with Gasteiger partial charge in [0.05, 0.1) is 4.92 Å². The largest absolute Gasteiger partial charge is 0.343 e. The van der Waals surface area contributed by atoms with E-state index in [1.54, 1.807) is 16.2 Å². The number of nitro groups is 1. The Balaban J connectivity index is 1.34. The van der Waals surface area contributed by atoms with E-state index in [2.05, 4.69) is 15.1 Å². The molecule has 1 aromatic heterocycles. The highest BCUT2D eigenvalue weighted by molar-refractivity contribution is 7.15. The minimum Gasteiger partial charge on any atom is -0.343 e. The molecule has 0 N–H and O–H groups in total. The van der Waals surface area contributed by atoms with Gasteiger partial charge in [0.1, 0.15) is 5.01 Å². The van der Waals surface area contributed by atoms with Crippen LogP contribution in [0.15, 0.2) is 48.5 Å². The zero-order valence-corrected chi connectivity index (χ0v) is 17.5. The average molecular weight is 444 g/mol. The quantitative estimate of drug-likeness (QED) is 0.441. The topological polar surface area (TPSA) is 92.5 Å². The third-order valence-corrected chi connectivity index (χ3v) is 6.12. The molecule has 30 heavy (non-hydrogen) atoms. The number of piperazine rings is 1. The lowest BCUT2D eigenvalue weighted by Gasteiger charge is -2.34. The molecule has 4 rings (SSSR count). The van der Waals surface area contributed by atoms with Gasteiger partial charge in [-0.2, -0.15) is 0 Å². The van der Waals surface area contributed by atoms with Crippen molar-refractivity contribution < 1.29 is 9.72 Å². The van der Waals surface area contributed by atoms with E-state index in [0.717, 1.165) is 15.7 Å². The summed E-state index contributed by atoms with van der Waals surface area (Å²) in [5, 5.41) is 21.8. The molecule has 1 aliphatic heterocycles. The number of benzene rings is 2. The van der Waals surface area contributed by atoms with E-state index in [-0.39, 0.29) is 11.6 Å². The van der Waals surface area contributed by atoms with Crippen molar-refractivity contribution in [3.8, 4) is 0 Å². The van der Waals surface area contributed by atoms with Crippen molar-refractivity contribution in [3.05, 3.63) is 79.8 Å². The Morgan fingerprint density at radius 1 is 1.03 bits per heavy atom. The molecule has 1 fully saturated rings. The maximum atomic E-state index is 12.7. The Bertz CT molecular complexity index is 1050. The second-order valence-corrected chi connectivity index (χ2v) is 8.34. The van der Waals surface area contributed by atoms with Gasteiger partial charge in [-0.05, 0) is 29.8 Å². The predicted octanol–water partition coefficient (Wildman–Crippen LogP) is 3.65. The molecule has 0 spiro atoms. The number of amides is 1. The van der Waals surface area contributed by atoms with E-state index < -0.39 is 4.92 Å². The molecule has 2 heterocycles. The maximum Gasteiger partial charge on any atom is 0.269 e. The summed E-state index contributed by atoms with van der Waals surface area (Å²) in [7, 11) is 0. The van der Waals surface area contributed by atoms with Gasteiger partial charge in [0.15, 0.2) is 0 Å². The van der Waals surface area contributed by atoms with Crippen LogP contribution in [0.25, 0.3) is 0 Å². The first-order valence-corrected chi connectivity index (χ1v) is 10.5. The van der Waals surface area contributed by atoms with Crippen LogP contribution in [0.1, 0.15) is 20.9 Å². The number of halogens is 1. The normalized spacial score (nSPS) is 14.0. The molecule has 0 bridgehead atoms. The smallest absolute Gasteiger partial charge is 0.269 e. The zero-order valence-electron chi connectivity index (χ0n) is 15.9. The first-order valence-electron chi connectivity index (χ1n) is 9.35. The molecule has 0 saturated carbocycles. The molecule has 1 saturated heterocycles. The van der Waals surface area contributed by atoms with Gasteiger partial charge in [-0.25, -0.2) is 0 Å². The van der Waals surface area contributed by atoms with E-state index >= 15 is 0 Å². The number of rotatable bonds is 5. The monoisotopic (exact) mass is 443 g/mol. The zero-order chi connectivity index (χ0) is 21.1. The second kappa shape index (κ2) is 8.76. The van der Waals surface area contributed by atoms with Crippen molar-refractivity contribution in [2.75, 3.05) is 31.1 Å². The van der Waals surface area contributed by atoms with Crippen LogP contribution >= 0.6 is 22.9 Å². The van der Waals surface area contributed by atoms with Crippen LogP contribution in [0.4, 0.5) is 10.8 Å². The maximum absolute atomic E-state index is 12.7. The fraction of sp³-hybridized carbons (Fsp3) is 0.250. The molecule has 10 heteroatoms. The van der Waals surface area contributed by atoms with Crippen LogP contribution in [0.5, 0.6) is 0 Å². The van der Waals surface area contributed by atoms with Gasteiger partial charge < -0.3 is 9.80 Å². The lowest BCUT2D eigenvalue weighted by Crippen LogP contribution is -2.48. The summed E-state index contributed by atoms with van der Waals surface area (Å²) in [5.74, 6) is -0.120. The van der Waals surface area contributed by atoms with Crippen molar-refractivity contribution in [3.63, 3.8) is 0 Å². The summed E-state index contributed by atoms with van der Waals surface area (Å²) in [5.41, 5.74) is 1.55. The molecule has 3 aromatic rings. The third-order valence-electron chi connectivity index (χ3n) is 4.89. The van der Waals surface area contributed by atoms with E-state index in [1.165, 1.54) is 24.3 Å². The van der Waals surface area contributed by atoms with E-state index in [9.17, 15) is 14.9 Å². The van der Waals surface area contributed by atoms with Crippen LogP contribution in [0.3, 0.4) is 0 Å². The number of anilines is 1. The van der Waals surface area contributed by atoms with Crippen LogP contribution in [-0.4, -0.2) is 52.1 Å². The number of nitro benzene ring substituents is 1. The first kappa shape index (κ1) is 20.2. The highest BCUT2D eigenvalue weighted by Gasteiger charge is 2.24. The molecule has 8 nitrogen and oxygen atoms in total. The Morgan fingerprint density at radius 2 is 1.70 bits per heavy atom. The molecule has 1 amide bonds. The Kier molecular flexibility index (Phi) is 5.91. The molecule has 0 aliphatic carbocycles. The minimum atomic E-state index is -0.476. The number of hydrogen-bond acceptors (Lipinski definition) is 7. The SMILES string of the molecule is O=C(c1ccc([N+](=O)[O-])cc1)N1CCN(c2nnc(Cc3ccc(Cl)cc3)s2)CC1. The van der Waals surface area contributed by atoms with Crippen molar-refractivity contribution in [2.24, 2.45) is 0 Å². The van der Waals surface area contributed by atoms with Gasteiger partial charge in [0.2, 0.25) is 5.13 Å². The summed E-state index contributed by atoms with van der Waals surface area (Å²) in [6, 6.07) is 13.4. The second-order valence-electron chi connectivity index (χ2n) is 6.86. The highest BCUT2D eigenvalue weighted by atomic mass is 35.5. The molecule has 0 unspecified atom stereocenters. The van der Waals surface area contributed by atoms with E-state index in [0.29, 0.717) is 43.2 Å². The lowest BCUT2D eigenvalue weighted by molar-refractivity contribution is -0.384. The Hall–Kier alpha value is -3.04. The van der Waals surface area contributed by atoms with Crippen LogP contribution in [-0.2, 0) is 6.42 Å². The highest BCUT2D eigenvalue weighted by Crippen LogP contribution is 2.24. The summed E-state index contributed by atoms with van der Waals surface area (Å²) < 4.78 is 0. The van der Waals surface area contributed by atoms with Gasteiger partial charge in [-0.15, -0.1) is 10.2 Å². The fourth-order valence-electron chi connectivity index (χ4n) is 3.23. The molecule has 1 aliphatic rings. The lowest BCUT2D eigenvalue weighted by atomic mass is 10.1. The standard InChI is InChI=1S/C20H18ClN5O3S/c21-16-5-1-14(2-6-16)13-18-22-23-20(30-18)25-11-9-24(10-12-25)19(27)15-3-7-17(8-4-15)26(28)29/h1-8H,9-13H2. The third kappa shape index (κ3) is 4.58. The van der Waals surface area contributed by atoms with Crippen molar-refractivity contribution in [1.82, 2.24) is 15.1 Å². The molecule has 2 aromatic carbocycles. The summed E-state index contributed by atoms with van der Waals surface area (Å²) in [4.78, 5) is 26.8. The Morgan fingerprint density at radius 3 is 2.33 bits per heavy atom. The van der Waals surface area contributed by atoms with Gasteiger partial charge in [-0.1, -0.05) is 35.1 Å². The van der Waals surface area contributed by atoms with Crippen molar-refractivity contribution in [1.29, 1.82) is 0 Å². The number of carbonyl (C=O) groups is 1. The first-order chi connectivity index (χ1) is 14.5. The molecule has 0 radical (unpaired) electrons. The van der Waals surface area contributed by atoms with Crippen molar-refractivity contribution in [2.45, 2.75) is 6.42 Å². The number of carbonyl (C=O) groups excluding carboxylic acids is 1. The summed E-state index contributed by atoms with van der Waals surface area (Å²) >= 11 is 7.48. The number of nitrogens with zero attached hydrogens (tertiary/aromatic N) is 5. The van der Waals surface area contributed by atoms with Gasteiger partial charge in [-0.3, -0.25) is 14.9 Å². The number of hydrogen-bond donors (Lipinski definition) is 0. The summed E-state index contributed by atoms with van der Waals surface area (Å²) in [6.45, 7) is 2.44. The van der Waals surface area contributed by atoms with Gasteiger partial charge >= 0.3 is 0 Å². The molecular formula is C20H18ClN5O3S. The number of aromatic nitrogens is 2. The Labute approximate surface area is 181 Å². The van der Waals surface area contributed by atoms with Crippen LogP contribution < -0.4 is 4.90 Å². The fourth-order valence-corrected chi connectivity index (χ4v) is 4.28. The molecule has 154 valence electrons. The average Bonchev–Trinajstić information content (AvgIpc) is 3.23. The molecular weight excluding hydrogens is 426 g/mol. The number of non-ortho nitro benzene ring substituents is 1. The van der Waals surface area contributed by atoms with Crippen LogP contribution in [0.2, 0.25) is 5.02 Å². The van der Waals surface area contributed by atoms with E-state index in [1.807, 2.05) is 24.3 Å². The van der Waals surface area contributed by atoms with Gasteiger partial charge in [0.25, 0.3) is 11.6 Å². The van der Waals surface area contributed by atoms with Crippen molar-refractivity contribution >= 4 is 39.7 Å². The van der Waals surface area contributed by atoms with Gasteiger partial charge in [0, 0.05) is 55.3 Å². The molecule has 0 atom stereocenters. The van der Waals surface area contributed by atoms with Crippen LogP contribution in [0, 0.1) is 10.1 Å². The summed E-state index contributed by atoms with van der Waals surface area (Å²) in [6.07, 6.45) is 0.702. The predicted molar refractivity (Wildman–Crippen MR) is 115 cm³/mol.